The van der Waals surface area contributed by atoms with Gasteiger partial charge in [0.1, 0.15) is 5.82 Å². The molecule has 1 aliphatic carbocycles. The van der Waals surface area contributed by atoms with Crippen LogP contribution in [-0.4, -0.2) is 29.7 Å². The maximum absolute atomic E-state index is 12.8. The molecule has 23 heavy (non-hydrogen) atoms. The van der Waals surface area contributed by atoms with Crippen molar-refractivity contribution in [2.45, 2.75) is 37.9 Å². The van der Waals surface area contributed by atoms with Gasteiger partial charge in [0.25, 0.3) is 5.91 Å². The van der Waals surface area contributed by atoms with E-state index in [2.05, 4.69) is 22.2 Å². The van der Waals surface area contributed by atoms with E-state index in [9.17, 15) is 18.0 Å². The van der Waals surface area contributed by atoms with Crippen LogP contribution in [0.5, 0.6) is 0 Å². The molecular formula is C16H20F3N3O. The number of carbonyl (C=O) groups excluding carboxylic acids is 1. The third kappa shape index (κ3) is 4.97. The summed E-state index contributed by atoms with van der Waals surface area (Å²) in [5.74, 6) is -1.03. The minimum Gasteiger partial charge on any atom is -0.367 e. The lowest BCUT2D eigenvalue weighted by atomic mass is 9.85. The zero-order valence-corrected chi connectivity index (χ0v) is 12.7. The van der Waals surface area contributed by atoms with Crippen LogP contribution in [0.2, 0.25) is 0 Å². The average molecular weight is 327 g/mol. The highest BCUT2D eigenvalue weighted by molar-refractivity contribution is 5.94. The first-order valence-electron chi connectivity index (χ1n) is 7.58. The molecule has 2 N–H and O–H groups in total. The van der Waals surface area contributed by atoms with Crippen molar-refractivity contribution in [2.75, 3.05) is 11.9 Å². The van der Waals surface area contributed by atoms with Crippen molar-refractivity contribution in [1.82, 2.24) is 10.3 Å². The summed E-state index contributed by atoms with van der Waals surface area (Å²) < 4.78 is 38.4. The monoisotopic (exact) mass is 327 g/mol. The Labute approximate surface area is 133 Å². The smallest absolute Gasteiger partial charge is 0.367 e. The first kappa shape index (κ1) is 17.3. The Hall–Kier alpha value is -2.05. The summed E-state index contributed by atoms with van der Waals surface area (Å²) >= 11 is 0. The molecule has 1 heterocycles. The fourth-order valence-electron chi connectivity index (χ4n) is 2.71. The molecule has 1 aliphatic rings. The van der Waals surface area contributed by atoms with Gasteiger partial charge >= 0.3 is 6.18 Å². The number of alkyl halides is 3. The van der Waals surface area contributed by atoms with E-state index in [1.54, 1.807) is 18.2 Å². The molecule has 2 unspecified atom stereocenters. The van der Waals surface area contributed by atoms with Crippen LogP contribution < -0.4 is 10.6 Å². The number of carbonyl (C=O) groups is 1. The Morgan fingerprint density at radius 3 is 2.78 bits per heavy atom. The van der Waals surface area contributed by atoms with Crippen molar-refractivity contribution in [2.24, 2.45) is 5.92 Å². The van der Waals surface area contributed by atoms with Gasteiger partial charge in [0.15, 0.2) is 0 Å². The van der Waals surface area contributed by atoms with Crippen molar-refractivity contribution < 1.29 is 18.0 Å². The van der Waals surface area contributed by atoms with Gasteiger partial charge < -0.3 is 10.6 Å². The van der Waals surface area contributed by atoms with Crippen molar-refractivity contribution in [3.8, 4) is 0 Å². The number of anilines is 1. The van der Waals surface area contributed by atoms with Crippen LogP contribution in [0.1, 0.15) is 36.0 Å². The predicted octanol–water partition coefficient (Wildman–Crippen LogP) is 3.53. The Kier molecular flexibility index (Phi) is 5.63. The maximum Gasteiger partial charge on any atom is 0.391 e. The lowest BCUT2D eigenvalue weighted by Crippen LogP contribution is -2.34. The molecule has 0 bridgehead atoms. The molecule has 1 fully saturated rings. The highest BCUT2D eigenvalue weighted by Gasteiger charge is 2.42. The Morgan fingerprint density at radius 1 is 1.39 bits per heavy atom. The first-order valence-corrected chi connectivity index (χ1v) is 7.58. The van der Waals surface area contributed by atoms with E-state index in [0.29, 0.717) is 30.8 Å². The number of nitrogens with zero attached hydrogens (tertiary/aromatic N) is 1. The second-order valence-corrected chi connectivity index (χ2v) is 5.68. The molecule has 7 heteroatoms. The molecule has 0 saturated heterocycles. The molecule has 2 rings (SSSR count). The van der Waals surface area contributed by atoms with E-state index in [1.807, 2.05) is 0 Å². The van der Waals surface area contributed by atoms with Gasteiger partial charge in [0.2, 0.25) is 0 Å². The van der Waals surface area contributed by atoms with Crippen LogP contribution in [0.15, 0.2) is 31.0 Å². The lowest BCUT2D eigenvalue weighted by molar-refractivity contribution is -0.182. The van der Waals surface area contributed by atoms with Crippen molar-refractivity contribution in [1.29, 1.82) is 0 Å². The van der Waals surface area contributed by atoms with Gasteiger partial charge in [-0.3, -0.25) is 4.79 Å². The third-order valence-electron chi connectivity index (χ3n) is 3.92. The van der Waals surface area contributed by atoms with Crippen LogP contribution in [-0.2, 0) is 0 Å². The van der Waals surface area contributed by atoms with E-state index in [-0.39, 0.29) is 24.8 Å². The van der Waals surface area contributed by atoms with Gasteiger partial charge in [0.05, 0.1) is 11.5 Å². The number of rotatable bonds is 5. The molecule has 1 saturated carbocycles. The Bertz CT molecular complexity index is 542. The van der Waals surface area contributed by atoms with E-state index in [1.165, 1.54) is 6.20 Å². The van der Waals surface area contributed by atoms with E-state index in [4.69, 9.17) is 0 Å². The minimum absolute atomic E-state index is 0.0623. The molecule has 0 aliphatic heterocycles. The summed E-state index contributed by atoms with van der Waals surface area (Å²) in [6.45, 7) is 3.87. The average Bonchev–Trinajstić information content (AvgIpc) is 2.53. The van der Waals surface area contributed by atoms with Crippen molar-refractivity contribution in [3.63, 3.8) is 0 Å². The Morgan fingerprint density at radius 2 is 2.17 bits per heavy atom. The largest absolute Gasteiger partial charge is 0.391 e. The second-order valence-electron chi connectivity index (χ2n) is 5.68. The van der Waals surface area contributed by atoms with Gasteiger partial charge in [0, 0.05) is 18.8 Å². The number of pyridine rings is 1. The van der Waals surface area contributed by atoms with Crippen LogP contribution in [0.3, 0.4) is 0 Å². The zero-order valence-electron chi connectivity index (χ0n) is 12.7. The summed E-state index contributed by atoms with van der Waals surface area (Å²) in [4.78, 5) is 15.8. The van der Waals surface area contributed by atoms with E-state index in [0.717, 1.165) is 0 Å². The lowest BCUT2D eigenvalue weighted by Gasteiger charge is -2.31. The summed E-state index contributed by atoms with van der Waals surface area (Å²) in [5, 5.41) is 5.66. The molecule has 0 radical (unpaired) electrons. The molecule has 1 aromatic heterocycles. The van der Waals surface area contributed by atoms with Crippen molar-refractivity contribution >= 4 is 11.7 Å². The number of halogens is 3. The summed E-state index contributed by atoms with van der Waals surface area (Å²) in [7, 11) is 0. The van der Waals surface area contributed by atoms with Gasteiger partial charge in [-0.2, -0.15) is 13.2 Å². The first-order chi connectivity index (χ1) is 10.9. The predicted molar refractivity (Wildman–Crippen MR) is 82.2 cm³/mol. The molecule has 4 nitrogen and oxygen atoms in total. The highest BCUT2D eigenvalue weighted by atomic mass is 19.4. The minimum atomic E-state index is -4.14. The summed E-state index contributed by atoms with van der Waals surface area (Å²) in [6, 6.07) is 2.96. The molecule has 0 aromatic carbocycles. The molecule has 2 atom stereocenters. The summed E-state index contributed by atoms with van der Waals surface area (Å²) in [6.07, 6.45) is 0.330. The second kappa shape index (κ2) is 7.48. The van der Waals surface area contributed by atoms with E-state index < -0.39 is 12.1 Å². The van der Waals surface area contributed by atoms with Crippen LogP contribution in [0.4, 0.5) is 19.0 Å². The SMILES string of the molecule is C=CCNC(=O)c1ccc(NC2CCCC(C(F)(F)F)C2)nc1. The van der Waals surface area contributed by atoms with Gasteiger partial charge in [-0.05, 0) is 31.4 Å². The topological polar surface area (TPSA) is 54.0 Å². The number of aromatic nitrogens is 1. The van der Waals surface area contributed by atoms with Gasteiger partial charge in [-0.25, -0.2) is 4.98 Å². The Balaban J connectivity index is 1.93. The normalized spacial score (nSPS) is 21.5. The van der Waals surface area contributed by atoms with Crippen LogP contribution >= 0.6 is 0 Å². The summed E-state index contributed by atoms with van der Waals surface area (Å²) in [5.41, 5.74) is 0.397. The number of hydrogen-bond donors (Lipinski definition) is 2. The fourth-order valence-corrected chi connectivity index (χ4v) is 2.71. The highest BCUT2D eigenvalue weighted by Crippen LogP contribution is 2.38. The van der Waals surface area contributed by atoms with Gasteiger partial charge in [-0.1, -0.05) is 12.5 Å². The quantitative estimate of drug-likeness (QED) is 0.814. The number of nitrogens with one attached hydrogen (secondary N) is 2. The molecule has 0 spiro atoms. The van der Waals surface area contributed by atoms with Crippen LogP contribution in [0.25, 0.3) is 0 Å². The molecule has 1 amide bonds. The molecule has 1 aromatic rings. The number of amides is 1. The fraction of sp³-hybridized carbons (Fsp3) is 0.500. The number of hydrogen-bond acceptors (Lipinski definition) is 3. The standard InChI is InChI=1S/C16H20F3N3O/c1-2-8-20-15(23)11-6-7-14(21-10-11)22-13-5-3-4-12(9-13)16(17,18)19/h2,6-7,10,12-13H,1,3-5,8-9H2,(H,20,23)(H,21,22). The molecule has 126 valence electrons. The third-order valence-corrected chi connectivity index (χ3v) is 3.92. The van der Waals surface area contributed by atoms with E-state index >= 15 is 0 Å². The maximum atomic E-state index is 12.8. The zero-order chi connectivity index (χ0) is 16.9. The van der Waals surface area contributed by atoms with Crippen LogP contribution in [0, 0.1) is 5.92 Å². The van der Waals surface area contributed by atoms with Crippen molar-refractivity contribution in [3.05, 3.63) is 36.5 Å². The van der Waals surface area contributed by atoms with Gasteiger partial charge in [-0.15, -0.1) is 6.58 Å². The molecular weight excluding hydrogens is 307 g/mol.